The smallest absolute Gasteiger partial charge is 0.101 e. The number of nitrogens with one attached hydrogen (secondary N) is 1. The molecular weight excluding hydrogens is 248 g/mol. The molecule has 1 aliphatic rings. The maximum Gasteiger partial charge on any atom is 0.101 e. The van der Waals surface area contributed by atoms with E-state index in [1.54, 1.807) is 6.07 Å². The highest BCUT2D eigenvalue weighted by Gasteiger charge is 2.16. The lowest BCUT2D eigenvalue weighted by molar-refractivity contribution is 0.160. The van der Waals surface area contributed by atoms with Gasteiger partial charge in [0, 0.05) is 24.8 Å². The molecule has 1 heterocycles. The van der Waals surface area contributed by atoms with Crippen molar-refractivity contribution in [1.29, 1.82) is 5.26 Å². The number of hydrogen-bond donors (Lipinski definition) is 2. The second-order valence-electron chi connectivity index (χ2n) is 5.57. The molecule has 108 valence electrons. The van der Waals surface area contributed by atoms with Gasteiger partial charge in [-0.05, 0) is 50.9 Å². The Morgan fingerprint density at radius 2 is 2.30 bits per heavy atom. The van der Waals surface area contributed by atoms with E-state index in [4.69, 9.17) is 11.0 Å². The molecule has 1 atom stereocenters. The Bertz CT molecular complexity index is 478. The molecule has 4 nitrogen and oxygen atoms in total. The predicted molar refractivity (Wildman–Crippen MR) is 83.6 cm³/mol. The average Bonchev–Trinajstić information content (AvgIpc) is 2.45. The lowest BCUT2D eigenvalue weighted by Crippen LogP contribution is -2.38. The highest BCUT2D eigenvalue weighted by atomic mass is 15.2. The number of benzene rings is 1. The van der Waals surface area contributed by atoms with Crippen molar-refractivity contribution in [2.75, 3.05) is 30.7 Å². The van der Waals surface area contributed by atoms with Crippen LogP contribution < -0.4 is 11.1 Å². The van der Waals surface area contributed by atoms with Crippen molar-refractivity contribution < 1.29 is 0 Å². The number of nitrogens with zero attached hydrogens (tertiary/aromatic N) is 2. The van der Waals surface area contributed by atoms with E-state index in [2.05, 4.69) is 23.2 Å². The molecule has 2 rings (SSSR count). The fraction of sp³-hybridized carbons (Fsp3) is 0.562. The van der Waals surface area contributed by atoms with Crippen LogP contribution in [0.4, 0.5) is 11.4 Å². The summed E-state index contributed by atoms with van der Waals surface area (Å²) >= 11 is 0. The van der Waals surface area contributed by atoms with E-state index in [1.165, 1.54) is 25.8 Å². The van der Waals surface area contributed by atoms with Crippen LogP contribution in [0, 0.1) is 11.3 Å². The third-order valence-electron chi connectivity index (χ3n) is 4.06. The molecular formula is C16H24N4. The topological polar surface area (TPSA) is 65.1 Å². The zero-order chi connectivity index (χ0) is 14.4. The van der Waals surface area contributed by atoms with Crippen LogP contribution in [-0.4, -0.2) is 30.6 Å². The Kier molecular flexibility index (Phi) is 5.25. The molecule has 1 aromatic carbocycles. The molecule has 0 bridgehead atoms. The van der Waals surface area contributed by atoms with Crippen LogP contribution in [0.1, 0.15) is 38.2 Å². The minimum atomic E-state index is 0.540. The lowest BCUT2D eigenvalue weighted by atomic mass is 10.0. The normalized spacial score (nSPS) is 19.5. The number of rotatable bonds is 5. The monoisotopic (exact) mass is 272 g/mol. The van der Waals surface area contributed by atoms with Gasteiger partial charge in [0.2, 0.25) is 0 Å². The van der Waals surface area contributed by atoms with Crippen LogP contribution in [0.25, 0.3) is 0 Å². The van der Waals surface area contributed by atoms with Crippen molar-refractivity contribution in [2.24, 2.45) is 0 Å². The van der Waals surface area contributed by atoms with Crippen molar-refractivity contribution in [3.05, 3.63) is 23.8 Å². The molecule has 0 radical (unpaired) electrons. The van der Waals surface area contributed by atoms with E-state index in [9.17, 15) is 0 Å². The number of piperidine rings is 1. The SMILES string of the molecule is CC1CCCCN1CCCNc1ccc(C#N)c(N)c1. The van der Waals surface area contributed by atoms with Gasteiger partial charge in [-0.1, -0.05) is 6.42 Å². The summed E-state index contributed by atoms with van der Waals surface area (Å²) in [7, 11) is 0. The molecule has 0 aromatic heterocycles. The van der Waals surface area contributed by atoms with E-state index in [0.29, 0.717) is 11.3 Å². The summed E-state index contributed by atoms with van der Waals surface area (Å²) in [6.45, 7) is 5.66. The van der Waals surface area contributed by atoms with Gasteiger partial charge in [-0.2, -0.15) is 5.26 Å². The summed E-state index contributed by atoms with van der Waals surface area (Å²) in [5.41, 5.74) is 7.88. The Balaban J connectivity index is 1.73. The number of likely N-dealkylation sites (tertiary alicyclic amines) is 1. The second-order valence-corrected chi connectivity index (χ2v) is 5.57. The maximum atomic E-state index is 8.84. The number of nitriles is 1. The Labute approximate surface area is 121 Å². The van der Waals surface area contributed by atoms with Crippen LogP contribution in [0.3, 0.4) is 0 Å². The Morgan fingerprint density at radius 3 is 3.00 bits per heavy atom. The van der Waals surface area contributed by atoms with E-state index in [0.717, 1.165) is 31.2 Å². The van der Waals surface area contributed by atoms with Crippen molar-refractivity contribution in [3.63, 3.8) is 0 Å². The van der Waals surface area contributed by atoms with Gasteiger partial charge in [0.05, 0.1) is 11.3 Å². The Hall–Kier alpha value is -1.73. The van der Waals surface area contributed by atoms with Crippen molar-refractivity contribution >= 4 is 11.4 Å². The molecule has 20 heavy (non-hydrogen) atoms. The van der Waals surface area contributed by atoms with Gasteiger partial charge < -0.3 is 16.0 Å². The van der Waals surface area contributed by atoms with Gasteiger partial charge in [0.25, 0.3) is 0 Å². The van der Waals surface area contributed by atoms with Crippen LogP contribution in [-0.2, 0) is 0 Å². The van der Waals surface area contributed by atoms with Crippen LogP contribution in [0.15, 0.2) is 18.2 Å². The molecule has 1 aromatic rings. The summed E-state index contributed by atoms with van der Waals surface area (Å²) < 4.78 is 0. The zero-order valence-electron chi connectivity index (χ0n) is 12.2. The van der Waals surface area contributed by atoms with Crippen molar-refractivity contribution in [1.82, 2.24) is 4.90 Å². The third-order valence-corrected chi connectivity index (χ3v) is 4.06. The Morgan fingerprint density at radius 1 is 1.45 bits per heavy atom. The van der Waals surface area contributed by atoms with Crippen LogP contribution >= 0.6 is 0 Å². The highest BCUT2D eigenvalue weighted by Crippen LogP contribution is 2.18. The molecule has 4 heteroatoms. The second kappa shape index (κ2) is 7.16. The van der Waals surface area contributed by atoms with Gasteiger partial charge in [0.15, 0.2) is 0 Å². The fourth-order valence-corrected chi connectivity index (χ4v) is 2.78. The first-order chi connectivity index (χ1) is 9.70. The maximum absolute atomic E-state index is 8.84. The van der Waals surface area contributed by atoms with E-state index >= 15 is 0 Å². The molecule has 0 aliphatic carbocycles. The van der Waals surface area contributed by atoms with E-state index in [-0.39, 0.29) is 0 Å². The average molecular weight is 272 g/mol. The van der Waals surface area contributed by atoms with E-state index < -0.39 is 0 Å². The summed E-state index contributed by atoms with van der Waals surface area (Å²) in [6.07, 6.45) is 5.17. The lowest BCUT2D eigenvalue weighted by Gasteiger charge is -2.33. The van der Waals surface area contributed by atoms with Gasteiger partial charge in [0.1, 0.15) is 6.07 Å². The molecule has 1 saturated heterocycles. The van der Waals surface area contributed by atoms with Gasteiger partial charge in [-0.3, -0.25) is 0 Å². The third kappa shape index (κ3) is 3.88. The van der Waals surface area contributed by atoms with Crippen LogP contribution in [0.2, 0.25) is 0 Å². The number of nitrogens with two attached hydrogens (primary N) is 1. The van der Waals surface area contributed by atoms with Gasteiger partial charge >= 0.3 is 0 Å². The highest BCUT2D eigenvalue weighted by molar-refractivity contribution is 5.62. The molecule has 0 amide bonds. The fourth-order valence-electron chi connectivity index (χ4n) is 2.78. The van der Waals surface area contributed by atoms with Crippen molar-refractivity contribution in [2.45, 2.75) is 38.6 Å². The zero-order valence-corrected chi connectivity index (χ0v) is 12.2. The molecule has 0 saturated carbocycles. The molecule has 3 N–H and O–H groups in total. The molecule has 1 fully saturated rings. The predicted octanol–water partition coefficient (Wildman–Crippen LogP) is 2.82. The minimum Gasteiger partial charge on any atom is -0.398 e. The first kappa shape index (κ1) is 14.7. The van der Waals surface area contributed by atoms with Crippen molar-refractivity contribution in [3.8, 4) is 6.07 Å². The summed E-state index contributed by atoms with van der Waals surface area (Å²) in [5.74, 6) is 0. The van der Waals surface area contributed by atoms with E-state index in [1.807, 2.05) is 12.1 Å². The first-order valence-electron chi connectivity index (χ1n) is 7.48. The number of nitrogen functional groups attached to an aromatic ring is 1. The van der Waals surface area contributed by atoms with Gasteiger partial charge in [-0.15, -0.1) is 0 Å². The first-order valence-corrected chi connectivity index (χ1v) is 7.48. The standard InChI is InChI=1S/C16H24N4/c1-13-5-2-3-9-20(13)10-4-8-19-15-7-6-14(12-17)16(18)11-15/h6-7,11,13,19H,2-5,8-10,18H2,1H3. The summed E-state index contributed by atoms with van der Waals surface area (Å²) in [5, 5.41) is 12.2. The number of anilines is 2. The largest absolute Gasteiger partial charge is 0.398 e. The van der Waals surface area contributed by atoms with Gasteiger partial charge in [-0.25, -0.2) is 0 Å². The molecule has 1 unspecified atom stereocenters. The summed E-state index contributed by atoms with van der Waals surface area (Å²) in [4.78, 5) is 2.58. The number of hydrogen-bond acceptors (Lipinski definition) is 4. The minimum absolute atomic E-state index is 0.540. The molecule has 1 aliphatic heterocycles. The van der Waals surface area contributed by atoms with Crippen LogP contribution in [0.5, 0.6) is 0 Å². The molecule has 0 spiro atoms. The quantitative estimate of drug-likeness (QED) is 0.639. The summed E-state index contributed by atoms with van der Waals surface area (Å²) in [6, 6.07) is 8.33.